The van der Waals surface area contributed by atoms with Crippen molar-refractivity contribution in [2.24, 2.45) is 0 Å². The summed E-state index contributed by atoms with van der Waals surface area (Å²) in [5.74, 6) is 0.912. The Bertz CT molecular complexity index is 1440. The number of carbonyl (C=O) groups is 1. The van der Waals surface area contributed by atoms with E-state index in [1.54, 1.807) is 17.0 Å². The number of carbonyl (C=O) groups excluding carboxylic acids is 1. The average molecular weight is 502 g/mol. The van der Waals surface area contributed by atoms with Gasteiger partial charge in [0, 0.05) is 37.3 Å². The van der Waals surface area contributed by atoms with E-state index < -0.39 is 6.04 Å². The molecule has 0 radical (unpaired) electrons. The molecule has 1 atom stereocenters. The Morgan fingerprint density at radius 2 is 1.89 bits per heavy atom. The number of piperazine rings is 1. The number of nitrogens with zero attached hydrogens (tertiary/aromatic N) is 6. The lowest BCUT2D eigenvalue weighted by molar-refractivity contribution is 0.0556. The van der Waals surface area contributed by atoms with Gasteiger partial charge in [-0.1, -0.05) is 30.9 Å². The Balaban J connectivity index is 1.37. The van der Waals surface area contributed by atoms with E-state index in [-0.39, 0.29) is 17.5 Å². The van der Waals surface area contributed by atoms with Gasteiger partial charge < -0.3 is 14.3 Å². The summed E-state index contributed by atoms with van der Waals surface area (Å²) in [4.78, 5) is 33.4. The number of nitrogens with one attached hydrogen (secondary N) is 1. The number of rotatable bonds is 5. The van der Waals surface area contributed by atoms with Crippen LogP contribution < -0.4 is 5.56 Å². The standard InChI is InChI=1S/C27H31N7O3/c1-18-9-10-22-19(16-18)17-21(26(35)28-22)24(25-29-30-31-34(25)20-6-3-2-4-7-20)32-11-13-33(14-12-32)27(36)23-8-5-15-37-23/h5,8-10,15-17,20,24H,2-4,6-7,11-14H2,1H3,(H,28,35)/t24-/m0/s1. The molecule has 6 rings (SSSR count). The van der Waals surface area contributed by atoms with Crippen LogP contribution in [-0.4, -0.2) is 67.1 Å². The van der Waals surface area contributed by atoms with E-state index in [4.69, 9.17) is 4.42 Å². The van der Waals surface area contributed by atoms with Gasteiger partial charge in [-0.2, -0.15) is 0 Å². The summed E-state index contributed by atoms with van der Waals surface area (Å²) >= 11 is 0. The largest absolute Gasteiger partial charge is 0.459 e. The Morgan fingerprint density at radius 3 is 2.65 bits per heavy atom. The molecular formula is C27H31N7O3. The lowest BCUT2D eigenvalue weighted by Gasteiger charge is -2.38. The van der Waals surface area contributed by atoms with Gasteiger partial charge in [-0.05, 0) is 65.9 Å². The Hall–Kier alpha value is -3.79. The first-order chi connectivity index (χ1) is 18.1. The van der Waals surface area contributed by atoms with E-state index in [2.05, 4.69) is 31.5 Å². The van der Waals surface area contributed by atoms with Crippen LogP contribution in [0.15, 0.2) is 51.9 Å². The summed E-state index contributed by atoms with van der Waals surface area (Å²) in [5.41, 5.74) is 2.40. The van der Waals surface area contributed by atoms with Gasteiger partial charge in [0.2, 0.25) is 0 Å². The van der Waals surface area contributed by atoms with Crippen LogP contribution >= 0.6 is 0 Å². The number of aryl methyl sites for hydroxylation is 1. The molecule has 0 spiro atoms. The van der Waals surface area contributed by atoms with Crippen LogP contribution in [0.25, 0.3) is 10.9 Å². The summed E-state index contributed by atoms with van der Waals surface area (Å²) in [6.45, 7) is 4.25. The van der Waals surface area contributed by atoms with Crippen LogP contribution in [0.5, 0.6) is 0 Å². The van der Waals surface area contributed by atoms with Crippen LogP contribution in [0.3, 0.4) is 0 Å². The third kappa shape index (κ3) is 4.57. The molecular weight excluding hydrogens is 470 g/mol. The predicted molar refractivity (Wildman–Crippen MR) is 137 cm³/mol. The molecule has 37 heavy (non-hydrogen) atoms. The van der Waals surface area contributed by atoms with Crippen molar-refractivity contribution in [1.82, 2.24) is 35.0 Å². The number of aromatic nitrogens is 5. The minimum atomic E-state index is -0.425. The SMILES string of the molecule is Cc1ccc2[nH]c(=O)c([C@@H](c3nnnn3C3CCCCC3)N3CCN(C(=O)c4ccco4)CC3)cc2c1. The van der Waals surface area contributed by atoms with E-state index in [0.29, 0.717) is 43.3 Å². The van der Waals surface area contributed by atoms with Crippen LogP contribution in [0.1, 0.15) is 71.7 Å². The van der Waals surface area contributed by atoms with E-state index in [1.165, 1.54) is 12.7 Å². The molecule has 2 fully saturated rings. The number of fused-ring (bicyclic) bond motifs is 1. The van der Waals surface area contributed by atoms with Crippen LogP contribution in [0.4, 0.5) is 0 Å². The first-order valence-corrected chi connectivity index (χ1v) is 13.1. The molecule has 4 heterocycles. The van der Waals surface area contributed by atoms with Crippen molar-refractivity contribution < 1.29 is 9.21 Å². The van der Waals surface area contributed by atoms with Crippen LogP contribution in [0, 0.1) is 6.92 Å². The second kappa shape index (κ2) is 9.93. The molecule has 192 valence electrons. The second-order valence-corrected chi connectivity index (χ2v) is 10.1. The normalized spacial score (nSPS) is 18.4. The molecule has 0 bridgehead atoms. The smallest absolute Gasteiger partial charge is 0.289 e. The lowest BCUT2D eigenvalue weighted by Crippen LogP contribution is -2.51. The third-order valence-corrected chi connectivity index (χ3v) is 7.71. The molecule has 0 unspecified atom stereocenters. The van der Waals surface area contributed by atoms with Crippen LogP contribution in [0.2, 0.25) is 0 Å². The van der Waals surface area contributed by atoms with E-state index in [9.17, 15) is 9.59 Å². The molecule has 1 aliphatic heterocycles. The zero-order valence-corrected chi connectivity index (χ0v) is 21.0. The number of tetrazole rings is 1. The molecule has 1 saturated carbocycles. The van der Waals surface area contributed by atoms with Gasteiger partial charge in [0.05, 0.1) is 12.3 Å². The molecule has 1 aliphatic carbocycles. The summed E-state index contributed by atoms with van der Waals surface area (Å²) in [6, 6.07) is 11.2. The van der Waals surface area contributed by atoms with Gasteiger partial charge >= 0.3 is 0 Å². The highest BCUT2D eigenvalue weighted by atomic mass is 16.3. The number of H-pyrrole nitrogens is 1. The van der Waals surface area contributed by atoms with Gasteiger partial charge in [0.25, 0.3) is 11.5 Å². The van der Waals surface area contributed by atoms with Crippen LogP contribution in [-0.2, 0) is 0 Å². The summed E-state index contributed by atoms with van der Waals surface area (Å²) in [7, 11) is 0. The van der Waals surface area contributed by atoms with Crippen molar-refractivity contribution in [3.8, 4) is 0 Å². The van der Waals surface area contributed by atoms with Crippen molar-refractivity contribution in [3.05, 3.63) is 75.7 Å². The number of furan rings is 1. The van der Waals surface area contributed by atoms with Gasteiger partial charge in [-0.15, -0.1) is 5.10 Å². The number of pyridine rings is 1. The van der Waals surface area contributed by atoms with E-state index in [0.717, 1.165) is 42.1 Å². The first-order valence-electron chi connectivity index (χ1n) is 13.1. The highest BCUT2D eigenvalue weighted by Gasteiger charge is 2.35. The molecule has 1 N–H and O–H groups in total. The zero-order chi connectivity index (χ0) is 25.4. The number of hydrogen-bond donors (Lipinski definition) is 1. The molecule has 10 nitrogen and oxygen atoms in total. The number of amides is 1. The summed E-state index contributed by atoms with van der Waals surface area (Å²) in [6.07, 6.45) is 7.11. The quantitative estimate of drug-likeness (QED) is 0.445. The lowest BCUT2D eigenvalue weighted by atomic mass is 9.95. The highest BCUT2D eigenvalue weighted by molar-refractivity contribution is 5.91. The van der Waals surface area contributed by atoms with Gasteiger partial charge in [-0.25, -0.2) is 4.68 Å². The van der Waals surface area contributed by atoms with Crippen molar-refractivity contribution in [2.45, 2.75) is 51.1 Å². The summed E-state index contributed by atoms with van der Waals surface area (Å²) < 4.78 is 7.27. The molecule has 1 amide bonds. The van der Waals surface area contributed by atoms with E-state index in [1.807, 2.05) is 29.8 Å². The first kappa shape index (κ1) is 23.6. The molecule has 1 aromatic carbocycles. The van der Waals surface area contributed by atoms with Crippen molar-refractivity contribution in [1.29, 1.82) is 0 Å². The van der Waals surface area contributed by atoms with E-state index >= 15 is 0 Å². The Labute approximate surface area is 214 Å². The molecule has 10 heteroatoms. The monoisotopic (exact) mass is 501 g/mol. The maximum atomic E-state index is 13.5. The fourth-order valence-corrected chi connectivity index (χ4v) is 5.75. The minimum Gasteiger partial charge on any atom is -0.459 e. The third-order valence-electron chi connectivity index (χ3n) is 7.71. The number of aromatic amines is 1. The highest BCUT2D eigenvalue weighted by Crippen LogP contribution is 2.33. The minimum absolute atomic E-state index is 0.118. The molecule has 2 aliphatic rings. The maximum absolute atomic E-state index is 13.5. The molecule has 3 aromatic heterocycles. The Kier molecular flexibility index (Phi) is 6.33. The molecule has 1 saturated heterocycles. The van der Waals surface area contributed by atoms with Crippen molar-refractivity contribution in [2.75, 3.05) is 26.2 Å². The van der Waals surface area contributed by atoms with Crippen molar-refractivity contribution in [3.63, 3.8) is 0 Å². The average Bonchev–Trinajstić information content (AvgIpc) is 3.63. The Morgan fingerprint density at radius 1 is 1.08 bits per heavy atom. The molecule has 4 aromatic rings. The van der Waals surface area contributed by atoms with Gasteiger partial charge in [-0.3, -0.25) is 14.5 Å². The fourth-order valence-electron chi connectivity index (χ4n) is 5.75. The maximum Gasteiger partial charge on any atom is 0.289 e. The number of hydrogen-bond acceptors (Lipinski definition) is 7. The zero-order valence-electron chi connectivity index (χ0n) is 21.0. The van der Waals surface area contributed by atoms with Crippen molar-refractivity contribution >= 4 is 16.8 Å². The fraction of sp³-hybridized carbons (Fsp3) is 0.444. The predicted octanol–water partition coefficient (Wildman–Crippen LogP) is 3.47. The topological polar surface area (TPSA) is 113 Å². The summed E-state index contributed by atoms with van der Waals surface area (Å²) in [5, 5.41) is 13.9. The van der Waals surface area contributed by atoms with Gasteiger partial charge in [0.1, 0.15) is 6.04 Å². The van der Waals surface area contributed by atoms with Gasteiger partial charge in [0.15, 0.2) is 11.6 Å². The number of benzene rings is 1. The second-order valence-electron chi connectivity index (χ2n) is 10.1.